The molecule has 23 heavy (non-hydrogen) atoms. The second-order valence-electron chi connectivity index (χ2n) is 6.85. The van der Waals surface area contributed by atoms with E-state index < -0.39 is 0 Å². The van der Waals surface area contributed by atoms with Crippen LogP contribution in [0.2, 0.25) is 0 Å². The first-order valence-corrected chi connectivity index (χ1v) is 8.45. The second kappa shape index (κ2) is 5.80. The van der Waals surface area contributed by atoms with E-state index in [1.165, 1.54) is 36.8 Å². The molecule has 2 saturated carbocycles. The van der Waals surface area contributed by atoms with Crippen LogP contribution in [0.4, 0.5) is 0 Å². The Balaban J connectivity index is 1.44. The van der Waals surface area contributed by atoms with Crippen molar-refractivity contribution in [2.45, 2.75) is 51.1 Å². The van der Waals surface area contributed by atoms with Crippen molar-refractivity contribution in [1.82, 2.24) is 20.3 Å². The molecule has 0 radical (unpaired) electrons. The maximum atomic E-state index is 12.4. The molecule has 0 unspecified atom stereocenters. The van der Waals surface area contributed by atoms with Crippen molar-refractivity contribution < 1.29 is 4.79 Å². The molecule has 2 fully saturated rings. The number of amides is 1. The van der Waals surface area contributed by atoms with Gasteiger partial charge in [-0.05, 0) is 49.7 Å². The summed E-state index contributed by atoms with van der Waals surface area (Å²) in [6.07, 6.45) is 6.68. The molecule has 2 aromatic rings. The summed E-state index contributed by atoms with van der Waals surface area (Å²) < 4.78 is 1.66. The molecule has 4 rings (SSSR count). The van der Waals surface area contributed by atoms with Gasteiger partial charge in [0.15, 0.2) is 0 Å². The molecule has 1 aromatic heterocycles. The number of carbonyl (C=O) groups is 1. The van der Waals surface area contributed by atoms with E-state index in [0.29, 0.717) is 11.8 Å². The molecule has 5 heteroatoms. The van der Waals surface area contributed by atoms with Gasteiger partial charge in [-0.15, -0.1) is 5.10 Å². The number of rotatable bonds is 6. The Labute approximate surface area is 136 Å². The molecule has 0 aliphatic heterocycles. The summed E-state index contributed by atoms with van der Waals surface area (Å²) in [4.78, 5) is 12.4. The summed E-state index contributed by atoms with van der Waals surface area (Å²) in [6, 6.07) is 8.44. The third-order valence-electron chi connectivity index (χ3n) is 4.79. The van der Waals surface area contributed by atoms with E-state index in [4.69, 9.17) is 0 Å². The van der Waals surface area contributed by atoms with Crippen molar-refractivity contribution in [3.8, 4) is 0 Å². The highest BCUT2D eigenvalue weighted by Crippen LogP contribution is 2.42. The summed E-state index contributed by atoms with van der Waals surface area (Å²) in [7, 11) is 0. The molecular weight excluding hydrogens is 288 g/mol. The van der Waals surface area contributed by atoms with Crippen LogP contribution in [0, 0.1) is 12.8 Å². The fourth-order valence-electron chi connectivity index (χ4n) is 3.14. The van der Waals surface area contributed by atoms with E-state index in [1.807, 2.05) is 18.3 Å². The van der Waals surface area contributed by atoms with Gasteiger partial charge in [0.05, 0.1) is 11.7 Å². The van der Waals surface area contributed by atoms with Crippen molar-refractivity contribution in [3.63, 3.8) is 0 Å². The average Bonchev–Trinajstić information content (AvgIpc) is 3.45. The fraction of sp³-hybridized carbons (Fsp3) is 0.500. The van der Waals surface area contributed by atoms with E-state index in [1.54, 1.807) is 4.68 Å². The molecule has 120 valence electrons. The van der Waals surface area contributed by atoms with Gasteiger partial charge in [0.25, 0.3) is 0 Å². The Kier molecular flexibility index (Phi) is 3.63. The highest BCUT2D eigenvalue weighted by atomic mass is 16.2. The Morgan fingerprint density at radius 2 is 2.09 bits per heavy atom. The standard InChI is InChI=1S/C18H22N4O/c1-12-4-2-3-5-15(12)18(14-8-9-14)19-17(23)11-22-10-16(20-21-22)13-6-7-13/h2-5,10,13-14,18H,6-9,11H2,1H3,(H,19,23)/t18-/m1/s1. The minimum absolute atomic E-state index is 0.0115. The normalized spacial score (nSPS) is 18.7. The lowest BCUT2D eigenvalue weighted by Crippen LogP contribution is -2.33. The lowest BCUT2D eigenvalue weighted by Gasteiger charge is -2.20. The molecule has 1 heterocycles. The Hall–Kier alpha value is -2.17. The average molecular weight is 310 g/mol. The number of aryl methyl sites for hydroxylation is 1. The molecule has 5 nitrogen and oxygen atoms in total. The summed E-state index contributed by atoms with van der Waals surface area (Å²) in [5, 5.41) is 11.5. The first-order valence-electron chi connectivity index (χ1n) is 8.45. The van der Waals surface area contributed by atoms with Crippen LogP contribution in [-0.2, 0) is 11.3 Å². The predicted octanol–water partition coefficient (Wildman–Crippen LogP) is 2.73. The van der Waals surface area contributed by atoms with Crippen molar-refractivity contribution in [3.05, 3.63) is 47.3 Å². The lowest BCUT2D eigenvalue weighted by atomic mass is 9.97. The van der Waals surface area contributed by atoms with E-state index in [0.717, 1.165) is 5.69 Å². The quantitative estimate of drug-likeness (QED) is 0.892. The maximum absolute atomic E-state index is 12.4. The van der Waals surface area contributed by atoms with Crippen molar-refractivity contribution in [2.75, 3.05) is 0 Å². The molecule has 0 saturated heterocycles. The van der Waals surface area contributed by atoms with E-state index in [-0.39, 0.29) is 18.5 Å². The lowest BCUT2D eigenvalue weighted by molar-refractivity contribution is -0.122. The minimum Gasteiger partial charge on any atom is -0.347 e. The fourth-order valence-corrected chi connectivity index (χ4v) is 3.14. The molecule has 1 N–H and O–H groups in total. The number of carbonyl (C=O) groups excluding carboxylic acids is 1. The van der Waals surface area contributed by atoms with Crippen LogP contribution in [-0.4, -0.2) is 20.9 Å². The number of benzene rings is 1. The second-order valence-corrected chi connectivity index (χ2v) is 6.85. The van der Waals surface area contributed by atoms with Crippen LogP contribution in [0.25, 0.3) is 0 Å². The van der Waals surface area contributed by atoms with Gasteiger partial charge in [0.1, 0.15) is 6.54 Å². The SMILES string of the molecule is Cc1ccccc1[C@H](NC(=O)Cn1cc(C2CC2)nn1)C1CC1. The molecule has 1 atom stereocenters. The van der Waals surface area contributed by atoms with Crippen molar-refractivity contribution in [2.24, 2.45) is 5.92 Å². The molecular formula is C18H22N4O. The zero-order valence-corrected chi connectivity index (χ0v) is 13.4. The van der Waals surface area contributed by atoms with E-state index in [2.05, 4.69) is 34.7 Å². The van der Waals surface area contributed by atoms with Gasteiger partial charge >= 0.3 is 0 Å². The number of hydrogen-bond acceptors (Lipinski definition) is 3. The van der Waals surface area contributed by atoms with Gasteiger partial charge in [-0.1, -0.05) is 29.5 Å². The van der Waals surface area contributed by atoms with Crippen LogP contribution >= 0.6 is 0 Å². The molecule has 1 amide bonds. The Morgan fingerprint density at radius 3 is 2.78 bits per heavy atom. The molecule has 2 aliphatic rings. The number of nitrogens with zero attached hydrogens (tertiary/aromatic N) is 3. The largest absolute Gasteiger partial charge is 0.347 e. The summed E-state index contributed by atoms with van der Waals surface area (Å²) >= 11 is 0. The van der Waals surface area contributed by atoms with Crippen LogP contribution in [0.1, 0.15) is 54.5 Å². The monoisotopic (exact) mass is 310 g/mol. The van der Waals surface area contributed by atoms with Gasteiger partial charge in [-0.25, -0.2) is 4.68 Å². The van der Waals surface area contributed by atoms with Gasteiger partial charge in [0, 0.05) is 12.1 Å². The van der Waals surface area contributed by atoms with Crippen LogP contribution in [0.15, 0.2) is 30.5 Å². The first-order chi connectivity index (χ1) is 11.2. The minimum atomic E-state index is 0.0115. The van der Waals surface area contributed by atoms with Crippen LogP contribution in [0.3, 0.4) is 0 Å². The third kappa shape index (κ3) is 3.28. The molecule has 0 bridgehead atoms. The van der Waals surface area contributed by atoms with Crippen molar-refractivity contribution >= 4 is 5.91 Å². The van der Waals surface area contributed by atoms with Gasteiger partial charge in [-0.2, -0.15) is 0 Å². The number of aromatic nitrogens is 3. The summed E-state index contributed by atoms with van der Waals surface area (Å²) in [5.74, 6) is 1.15. The zero-order valence-electron chi connectivity index (χ0n) is 13.4. The van der Waals surface area contributed by atoms with E-state index in [9.17, 15) is 4.79 Å². The maximum Gasteiger partial charge on any atom is 0.242 e. The van der Waals surface area contributed by atoms with Crippen LogP contribution in [0.5, 0.6) is 0 Å². The van der Waals surface area contributed by atoms with Gasteiger partial charge in [-0.3, -0.25) is 4.79 Å². The highest BCUT2D eigenvalue weighted by Gasteiger charge is 2.34. The van der Waals surface area contributed by atoms with Gasteiger partial charge < -0.3 is 5.32 Å². The van der Waals surface area contributed by atoms with Crippen molar-refractivity contribution in [1.29, 1.82) is 0 Å². The first kappa shape index (κ1) is 14.4. The smallest absolute Gasteiger partial charge is 0.242 e. The van der Waals surface area contributed by atoms with Gasteiger partial charge in [0.2, 0.25) is 5.91 Å². The molecule has 2 aliphatic carbocycles. The molecule has 1 aromatic carbocycles. The predicted molar refractivity (Wildman–Crippen MR) is 86.8 cm³/mol. The zero-order chi connectivity index (χ0) is 15.8. The van der Waals surface area contributed by atoms with E-state index >= 15 is 0 Å². The number of nitrogens with one attached hydrogen (secondary N) is 1. The summed E-state index contributed by atoms with van der Waals surface area (Å²) in [5.41, 5.74) is 3.50. The Bertz CT molecular complexity index is 715. The summed E-state index contributed by atoms with van der Waals surface area (Å²) in [6.45, 7) is 2.35. The van der Waals surface area contributed by atoms with Crippen LogP contribution < -0.4 is 5.32 Å². The number of hydrogen-bond donors (Lipinski definition) is 1. The highest BCUT2D eigenvalue weighted by molar-refractivity contribution is 5.76. The third-order valence-corrected chi connectivity index (χ3v) is 4.79. The topological polar surface area (TPSA) is 59.8 Å². The molecule has 0 spiro atoms. The Morgan fingerprint density at radius 1 is 1.30 bits per heavy atom.